The minimum Gasteiger partial charge on any atom is -0.508 e. The van der Waals surface area contributed by atoms with Crippen molar-refractivity contribution in [3.63, 3.8) is 0 Å². The van der Waals surface area contributed by atoms with Gasteiger partial charge in [-0.2, -0.15) is 0 Å². The molecule has 0 saturated heterocycles. The molecule has 0 atom stereocenters. The van der Waals surface area contributed by atoms with E-state index in [0.29, 0.717) is 12.4 Å². The van der Waals surface area contributed by atoms with Crippen LogP contribution in [-0.4, -0.2) is 20.1 Å². The van der Waals surface area contributed by atoms with Crippen LogP contribution in [-0.2, 0) is 9.84 Å². The van der Waals surface area contributed by atoms with Gasteiger partial charge in [-0.05, 0) is 48.9 Å². The largest absolute Gasteiger partial charge is 0.508 e. The number of ether oxygens (including phenoxy) is 1. The summed E-state index contributed by atoms with van der Waals surface area (Å²) in [6.45, 7) is 2.60. The molecule has 0 spiro atoms. The number of aromatic hydroxyl groups is 1. The molecule has 4 nitrogen and oxygen atoms in total. The van der Waals surface area contributed by atoms with Crippen molar-refractivity contribution in [1.29, 1.82) is 0 Å². The van der Waals surface area contributed by atoms with Crippen LogP contribution in [0.2, 0.25) is 0 Å². The van der Waals surface area contributed by atoms with E-state index in [-0.39, 0.29) is 15.5 Å². The number of rotatable bonds is 5. The fraction of sp³-hybridized carbons (Fsp3) is 0.200. The molecule has 2 aromatic rings. The predicted octanol–water partition coefficient (Wildman–Crippen LogP) is 3.01. The second-order valence-corrected chi connectivity index (χ2v) is 6.27. The van der Waals surface area contributed by atoms with Crippen LogP contribution in [0.5, 0.6) is 11.5 Å². The molecule has 0 aliphatic heterocycles. The molecular weight excluding hydrogens is 276 g/mol. The van der Waals surface area contributed by atoms with E-state index in [1.54, 1.807) is 12.1 Å². The summed E-state index contributed by atoms with van der Waals surface area (Å²) >= 11 is 0. The molecule has 0 aromatic heterocycles. The monoisotopic (exact) mass is 292 g/mol. The fourth-order valence-corrected chi connectivity index (χ4v) is 3.02. The van der Waals surface area contributed by atoms with Crippen molar-refractivity contribution < 1.29 is 18.3 Å². The van der Waals surface area contributed by atoms with Gasteiger partial charge in [-0.1, -0.05) is 13.0 Å². The van der Waals surface area contributed by atoms with Crippen LogP contribution in [0, 0.1) is 0 Å². The van der Waals surface area contributed by atoms with Crippen LogP contribution in [0.15, 0.2) is 58.3 Å². The molecule has 20 heavy (non-hydrogen) atoms. The van der Waals surface area contributed by atoms with Gasteiger partial charge in [-0.15, -0.1) is 0 Å². The van der Waals surface area contributed by atoms with Gasteiger partial charge in [0.25, 0.3) is 0 Å². The summed E-state index contributed by atoms with van der Waals surface area (Å²) < 4.78 is 30.1. The van der Waals surface area contributed by atoms with Gasteiger partial charge >= 0.3 is 0 Å². The summed E-state index contributed by atoms with van der Waals surface area (Å²) in [5, 5.41) is 9.38. The van der Waals surface area contributed by atoms with Crippen LogP contribution >= 0.6 is 0 Å². The van der Waals surface area contributed by atoms with E-state index < -0.39 is 9.84 Å². The average Bonchev–Trinajstić information content (AvgIpc) is 2.45. The van der Waals surface area contributed by atoms with Crippen LogP contribution < -0.4 is 4.74 Å². The van der Waals surface area contributed by atoms with Gasteiger partial charge in [0.05, 0.1) is 16.4 Å². The normalized spacial score (nSPS) is 11.2. The third-order valence-electron chi connectivity index (χ3n) is 2.73. The molecule has 5 heteroatoms. The molecule has 0 amide bonds. The highest BCUT2D eigenvalue weighted by Gasteiger charge is 2.17. The molecule has 0 aliphatic rings. The zero-order valence-corrected chi connectivity index (χ0v) is 11.9. The lowest BCUT2D eigenvalue weighted by molar-refractivity contribution is 0.317. The van der Waals surface area contributed by atoms with Crippen LogP contribution in [0.25, 0.3) is 0 Å². The Morgan fingerprint density at radius 3 is 2.35 bits per heavy atom. The molecule has 0 bridgehead atoms. The van der Waals surface area contributed by atoms with Gasteiger partial charge in [0.15, 0.2) is 0 Å². The summed E-state index contributed by atoms with van der Waals surface area (Å²) in [5.41, 5.74) is 0. The Hall–Kier alpha value is -2.01. The lowest BCUT2D eigenvalue weighted by Gasteiger charge is -2.07. The Balaban J connectivity index is 2.30. The fourth-order valence-electron chi connectivity index (χ4n) is 1.72. The predicted molar refractivity (Wildman–Crippen MR) is 75.8 cm³/mol. The Morgan fingerprint density at radius 1 is 1.05 bits per heavy atom. The molecule has 106 valence electrons. The summed E-state index contributed by atoms with van der Waals surface area (Å²) in [7, 11) is -3.61. The second kappa shape index (κ2) is 5.96. The first-order chi connectivity index (χ1) is 9.54. The highest BCUT2D eigenvalue weighted by molar-refractivity contribution is 7.91. The quantitative estimate of drug-likeness (QED) is 0.920. The summed E-state index contributed by atoms with van der Waals surface area (Å²) in [6.07, 6.45) is 0.892. The van der Waals surface area contributed by atoms with Crippen molar-refractivity contribution in [2.24, 2.45) is 0 Å². The molecule has 0 fully saturated rings. The summed E-state index contributed by atoms with van der Waals surface area (Å²) in [5.74, 6) is 0.565. The van der Waals surface area contributed by atoms with Crippen molar-refractivity contribution >= 4 is 9.84 Å². The molecular formula is C15H16O4S. The minimum atomic E-state index is -3.61. The zero-order valence-electron chi connectivity index (χ0n) is 11.1. The van der Waals surface area contributed by atoms with Crippen molar-refractivity contribution in [1.82, 2.24) is 0 Å². The van der Waals surface area contributed by atoms with E-state index in [1.807, 2.05) is 6.92 Å². The smallest absolute Gasteiger partial charge is 0.206 e. The standard InChI is InChI=1S/C15H16O4S/c1-2-10-19-13-6-8-14(9-7-13)20(17,18)15-5-3-4-12(16)11-15/h3-9,11,16H,2,10H2,1H3. The van der Waals surface area contributed by atoms with Gasteiger partial charge in [0, 0.05) is 0 Å². The first-order valence-electron chi connectivity index (χ1n) is 6.31. The van der Waals surface area contributed by atoms with Crippen molar-refractivity contribution in [3.8, 4) is 11.5 Å². The average molecular weight is 292 g/mol. The maximum atomic E-state index is 12.4. The molecule has 0 aliphatic carbocycles. The maximum absolute atomic E-state index is 12.4. The molecule has 2 aromatic carbocycles. The summed E-state index contributed by atoms with van der Waals surface area (Å²) in [6, 6.07) is 11.9. The maximum Gasteiger partial charge on any atom is 0.206 e. The topological polar surface area (TPSA) is 63.6 Å². The van der Waals surface area contributed by atoms with Crippen LogP contribution in [0.4, 0.5) is 0 Å². The second-order valence-electron chi connectivity index (χ2n) is 4.32. The van der Waals surface area contributed by atoms with Gasteiger partial charge < -0.3 is 9.84 Å². The van der Waals surface area contributed by atoms with Crippen molar-refractivity contribution in [2.75, 3.05) is 6.61 Å². The molecule has 0 heterocycles. The number of benzene rings is 2. The van der Waals surface area contributed by atoms with Crippen molar-refractivity contribution in [3.05, 3.63) is 48.5 Å². The van der Waals surface area contributed by atoms with E-state index in [2.05, 4.69) is 0 Å². The first kappa shape index (κ1) is 14.4. The van der Waals surface area contributed by atoms with E-state index in [0.717, 1.165) is 6.42 Å². The van der Waals surface area contributed by atoms with E-state index in [4.69, 9.17) is 4.74 Å². The molecule has 0 unspecified atom stereocenters. The van der Waals surface area contributed by atoms with E-state index >= 15 is 0 Å². The van der Waals surface area contributed by atoms with Gasteiger partial charge in [0.1, 0.15) is 11.5 Å². The lowest BCUT2D eigenvalue weighted by atomic mass is 10.3. The molecule has 1 N–H and O–H groups in total. The van der Waals surface area contributed by atoms with Gasteiger partial charge in [-0.25, -0.2) is 8.42 Å². The molecule has 0 saturated carbocycles. The summed E-state index contributed by atoms with van der Waals surface area (Å²) in [4.78, 5) is 0.242. The molecule has 2 rings (SSSR count). The van der Waals surface area contributed by atoms with Gasteiger partial charge in [0.2, 0.25) is 9.84 Å². The number of hydrogen-bond acceptors (Lipinski definition) is 4. The Labute approximate surface area is 118 Å². The van der Waals surface area contributed by atoms with Crippen molar-refractivity contribution in [2.45, 2.75) is 23.1 Å². The van der Waals surface area contributed by atoms with E-state index in [1.165, 1.54) is 36.4 Å². The third kappa shape index (κ3) is 3.11. The SMILES string of the molecule is CCCOc1ccc(S(=O)(=O)c2cccc(O)c2)cc1. The minimum absolute atomic E-state index is 0.0692. The Kier molecular flexibility index (Phi) is 4.29. The van der Waals surface area contributed by atoms with Gasteiger partial charge in [-0.3, -0.25) is 0 Å². The number of phenols is 1. The van der Waals surface area contributed by atoms with Crippen LogP contribution in [0.1, 0.15) is 13.3 Å². The first-order valence-corrected chi connectivity index (χ1v) is 7.79. The highest BCUT2D eigenvalue weighted by Crippen LogP contribution is 2.25. The third-order valence-corrected chi connectivity index (χ3v) is 4.50. The highest BCUT2D eigenvalue weighted by atomic mass is 32.2. The van der Waals surface area contributed by atoms with Crippen LogP contribution in [0.3, 0.4) is 0 Å². The number of phenolic OH excluding ortho intramolecular Hbond substituents is 1. The van der Waals surface area contributed by atoms with E-state index in [9.17, 15) is 13.5 Å². The number of sulfone groups is 1. The Bertz CT molecular complexity index is 675. The zero-order chi connectivity index (χ0) is 14.6. The number of hydrogen-bond donors (Lipinski definition) is 1. The lowest BCUT2D eigenvalue weighted by Crippen LogP contribution is -2.02. The Morgan fingerprint density at radius 2 is 1.75 bits per heavy atom. The molecule has 0 radical (unpaired) electrons.